The third kappa shape index (κ3) is 1.35. The van der Waals surface area contributed by atoms with Crippen LogP contribution in [0.3, 0.4) is 0 Å². The van der Waals surface area contributed by atoms with Gasteiger partial charge in [-0.1, -0.05) is 24.3 Å². The normalized spacial score (nSPS) is 13.9. The minimum Gasteiger partial charge on any atom is -0.618 e. The van der Waals surface area contributed by atoms with Crippen LogP contribution in [0.2, 0.25) is 0 Å². The largest absolute Gasteiger partial charge is 0.618 e. The lowest BCUT2D eigenvalue weighted by Crippen LogP contribution is -2.18. The molecule has 0 aliphatic carbocycles. The number of hydrogen-bond acceptors (Lipinski definition) is 2. The van der Waals surface area contributed by atoms with E-state index >= 15 is 0 Å². The van der Waals surface area contributed by atoms with Gasteiger partial charge in [0.15, 0.2) is 0 Å². The van der Waals surface area contributed by atoms with Gasteiger partial charge in [-0.05, 0) is 18.2 Å². The summed E-state index contributed by atoms with van der Waals surface area (Å²) in [6, 6.07) is 12.2. The zero-order valence-corrected chi connectivity index (χ0v) is 9.26. The Hall–Kier alpha value is -2.49. The summed E-state index contributed by atoms with van der Waals surface area (Å²) >= 11 is 0. The van der Waals surface area contributed by atoms with Crippen molar-refractivity contribution < 1.29 is 13.9 Å². The first kappa shape index (κ1) is 10.7. The lowest BCUT2D eigenvalue weighted by molar-refractivity contribution is -0.355. The highest BCUT2D eigenvalue weighted by atomic mass is 19.1. The van der Waals surface area contributed by atoms with Crippen LogP contribution in [0, 0.1) is 11.0 Å². The fourth-order valence-electron chi connectivity index (χ4n) is 2.07. The molecule has 88 valence electrons. The van der Waals surface area contributed by atoms with E-state index in [4.69, 9.17) is 0 Å². The molecular formula is C14H8FNO2. The van der Waals surface area contributed by atoms with Gasteiger partial charge in [0.2, 0.25) is 5.69 Å². The molecule has 0 N–H and O–H groups in total. The minimum atomic E-state index is -0.575. The van der Waals surface area contributed by atoms with Gasteiger partial charge in [0.1, 0.15) is 11.4 Å². The summed E-state index contributed by atoms with van der Waals surface area (Å²) in [5.74, 6) is -1.01. The minimum absolute atomic E-state index is 0.0358. The Kier molecular flexibility index (Phi) is 2.23. The fraction of sp³-hybridized carbons (Fsp3) is 0. The van der Waals surface area contributed by atoms with Gasteiger partial charge < -0.3 is 5.21 Å². The summed E-state index contributed by atoms with van der Waals surface area (Å²) in [5, 5.41) is 12.1. The Bertz CT molecular complexity index is 692. The van der Waals surface area contributed by atoms with Crippen molar-refractivity contribution in [3.05, 3.63) is 70.7 Å². The van der Waals surface area contributed by atoms with Gasteiger partial charge in [0, 0.05) is 6.07 Å². The van der Waals surface area contributed by atoms with E-state index in [-0.39, 0.29) is 17.0 Å². The Morgan fingerprint density at radius 1 is 0.944 bits per heavy atom. The van der Waals surface area contributed by atoms with Gasteiger partial charge in [0.05, 0.1) is 5.56 Å². The Morgan fingerprint density at radius 3 is 2.22 bits per heavy atom. The van der Waals surface area contributed by atoms with E-state index in [1.165, 1.54) is 18.2 Å². The maximum Gasteiger partial charge on any atom is 0.275 e. The van der Waals surface area contributed by atoms with Gasteiger partial charge >= 0.3 is 0 Å². The molecule has 2 aromatic carbocycles. The Morgan fingerprint density at radius 2 is 1.56 bits per heavy atom. The summed E-state index contributed by atoms with van der Waals surface area (Å²) < 4.78 is 14.2. The molecule has 18 heavy (non-hydrogen) atoms. The Balaban J connectivity index is 2.25. The van der Waals surface area contributed by atoms with E-state index in [0.717, 1.165) is 0 Å². The number of carbonyl (C=O) groups is 1. The second-order valence-corrected chi connectivity index (χ2v) is 3.97. The molecule has 1 aliphatic heterocycles. The number of Topliss-reactive ketones (excluding diaryl/α,β-unsaturated/α-hetero) is 1. The second kappa shape index (κ2) is 3.77. The number of nitrogens with zero attached hydrogens (tertiary/aromatic N) is 1. The van der Waals surface area contributed by atoms with Crippen LogP contribution in [0.5, 0.6) is 0 Å². The molecule has 0 saturated carbocycles. The molecule has 0 fully saturated rings. The molecule has 0 saturated heterocycles. The maximum absolute atomic E-state index is 13.7. The lowest BCUT2D eigenvalue weighted by Gasteiger charge is -2.02. The SMILES string of the molecule is O=C1C(c2ccccc2F)=[N+]([O-])c2ccccc21. The van der Waals surface area contributed by atoms with Crippen LogP contribution in [-0.4, -0.2) is 16.2 Å². The van der Waals surface area contributed by atoms with Crippen LogP contribution in [-0.2, 0) is 0 Å². The van der Waals surface area contributed by atoms with Gasteiger partial charge in [-0.15, -0.1) is 0 Å². The van der Waals surface area contributed by atoms with Crippen molar-refractivity contribution in [2.45, 2.75) is 0 Å². The quantitative estimate of drug-likeness (QED) is 0.569. The average Bonchev–Trinajstić information content (AvgIpc) is 2.64. The molecule has 2 aromatic rings. The molecule has 0 atom stereocenters. The van der Waals surface area contributed by atoms with Crippen LogP contribution in [0.1, 0.15) is 15.9 Å². The first-order valence-electron chi connectivity index (χ1n) is 5.43. The standard InChI is InChI=1S/C14H8FNO2/c15-11-7-3-1-5-9(11)13-14(17)10-6-2-4-8-12(10)16(13)18/h1-8H. The van der Waals surface area contributed by atoms with Gasteiger partial charge in [0.25, 0.3) is 11.5 Å². The monoisotopic (exact) mass is 241 g/mol. The fourth-order valence-corrected chi connectivity index (χ4v) is 2.07. The molecule has 4 heteroatoms. The van der Waals surface area contributed by atoms with E-state index in [1.807, 2.05) is 0 Å². The van der Waals surface area contributed by atoms with E-state index in [9.17, 15) is 14.4 Å². The number of fused-ring (bicyclic) bond motifs is 1. The van der Waals surface area contributed by atoms with E-state index in [1.54, 1.807) is 30.3 Å². The molecule has 0 aromatic heterocycles. The highest BCUT2D eigenvalue weighted by Gasteiger charge is 2.37. The van der Waals surface area contributed by atoms with Crippen LogP contribution >= 0.6 is 0 Å². The second-order valence-electron chi connectivity index (χ2n) is 3.97. The summed E-state index contributed by atoms with van der Waals surface area (Å²) in [5.41, 5.74) is 0.453. The van der Waals surface area contributed by atoms with Gasteiger partial charge in [-0.25, -0.2) is 4.39 Å². The maximum atomic E-state index is 13.7. The summed E-state index contributed by atoms with van der Waals surface area (Å²) in [7, 11) is 0. The van der Waals surface area contributed by atoms with Crippen molar-refractivity contribution in [2.24, 2.45) is 0 Å². The first-order valence-corrected chi connectivity index (χ1v) is 5.43. The number of para-hydroxylation sites is 1. The van der Waals surface area contributed by atoms with Crippen molar-refractivity contribution in [3.63, 3.8) is 0 Å². The predicted molar refractivity (Wildman–Crippen MR) is 64.6 cm³/mol. The summed E-state index contributed by atoms with van der Waals surface area (Å²) in [6.45, 7) is 0. The lowest BCUT2D eigenvalue weighted by atomic mass is 10.0. The molecule has 3 rings (SSSR count). The van der Waals surface area contributed by atoms with Crippen LogP contribution in [0.15, 0.2) is 48.5 Å². The van der Waals surface area contributed by atoms with E-state index in [2.05, 4.69) is 0 Å². The average molecular weight is 241 g/mol. The molecule has 0 amide bonds. The number of halogens is 1. The van der Waals surface area contributed by atoms with Crippen LogP contribution < -0.4 is 0 Å². The smallest absolute Gasteiger partial charge is 0.275 e. The molecular weight excluding hydrogens is 233 g/mol. The molecule has 1 aliphatic rings. The van der Waals surface area contributed by atoms with Crippen LogP contribution in [0.4, 0.5) is 10.1 Å². The molecule has 1 heterocycles. The molecule has 0 unspecified atom stereocenters. The van der Waals surface area contributed by atoms with E-state index in [0.29, 0.717) is 10.3 Å². The van der Waals surface area contributed by atoms with Crippen molar-refractivity contribution >= 4 is 17.2 Å². The first-order chi connectivity index (χ1) is 8.70. The number of hydrogen-bond donors (Lipinski definition) is 0. The third-order valence-corrected chi connectivity index (χ3v) is 2.91. The highest BCUT2D eigenvalue weighted by Crippen LogP contribution is 2.28. The van der Waals surface area contributed by atoms with Crippen LogP contribution in [0.25, 0.3) is 0 Å². The van der Waals surface area contributed by atoms with Crippen molar-refractivity contribution in [2.75, 3.05) is 0 Å². The molecule has 3 nitrogen and oxygen atoms in total. The molecule has 0 bridgehead atoms. The summed E-state index contributed by atoms with van der Waals surface area (Å²) in [6.07, 6.45) is 0. The summed E-state index contributed by atoms with van der Waals surface area (Å²) in [4.78, 5) is 12.1. The number of carbonyl (C=O) groups excluding carboxylic acids is 1. The predicted octanol–water partition coefficient (Wildman–Crippen LogP) is 2.65. The zero-order valence-electron chi connectivity index (χ0n) is 9.26. The van der Waals surface area contributed by atoms with Crippen molar-refractivity contribution in [1.82, 2.24) is 0 Å². The number of ketones is 1. The molecule has 0 spiro atoms. The topological polar surface area (TPSA) is 43.1 Å². The number of benzene rings is 2. The van der Waals surface area contributed by atoms with Gasteiger partial charge in [-0.2, -0.15) is 4.74 Å². The molecule has 0 radical (unpaired) electrons. The van der Waals surface area contributed by atoms with Crippen molar-refractivity contribution in [1.29, 1.82) is 0 Å². The number of rotatable bonds is 1. The van der Waals surface area contributed by atoms with E-state index < -0.39 is 11.6 Å². The highest BCUT2D eigenvalue weighted by molar-refractivity contribution is 6.52. The third-order valence-electron chi connectivity index (χ3n) is 2.91. The zero-order chi connectivity index (χ0) is 12.7. The van der Waals surface area contributed by atoms with Gasteiger partial charge in [-0.3, -0.25) is 4.79 Å². The Labute approximate surface area is 102 Å². The van der Waals surface area contributed by atoms with Crippen molar-refractivity contribution in [3.8, 4) is 0 Å².